The van der Waals surface area contributed by atoms with Crippen molar-refractivity contribution in [2.45, 2.75) is 31.8 Å². The number of benzene rings is 3. The number of hydrogen-bond acceptors (Lipinski definition) is 3. The number of aliphatic hydroxyl groups is 1. The predicted octanol–water partition coefficient (Wildman–Crippen LogP) is 5.93. The number of amides is 2. The number of alkyl halides is 2. The molecule has 0 aliphatic carbocycles. The lowest BCUT2D eigenvalue weighted by Crippen LogP contribution is -2.42. The molecule has 4 rings (SSSR count). The number of nitrogens with one attached hydrogen (secondary N) is 1. The quantitative estimate of drug-likeness (QED) is 0.466. The third kappa shape index (κ3) is 4.63. The van der Waals surface area contributed by atoms with Crippen LogP contribution in [0.5, 0.6) is 0 Å². The highest BCUT2D eigenvalue weighted by molar-refractivity contribution is 6.30. The summed E-state index contributed by atoms with van der Waals surface area (Å²) >= 11 is 6.00. The maximum absolute atomic E-state index is 14.8. The second-order valence-corrected chi connectivity index (χ2v) is 9.07. The van der Waals surface area contributed by atoms with Crippen LogP contribution in [0.1, 0.15) is 45.2 Å². The summed E-state index contributed by atoms with van der Waals surface area (Å²) in [5, 5.41) is 13.5. The SMILES string of the molecule is Cc1cc(F)ccc1C(=O)Nc1ccc(C(=O)N2CCC(F)(F)[C@](C)(O)c3cc(Cl)ccc32)cc1. The predicted molar refractivity (Wildman–Crippen MR) is 128 cm³/mol. The van der Waals surface area contributed by atoms with Crippen LogP contribution in [-0.4, -0.2) is 29.4 Å². The summed E-state index contributed by atoms with van der Waals surface area (Å²) in [7, 11) is 0. The summed E-state index contributed by atoms with van der Waals surface area (Å²) in [4.78, 5) is 27.0. The molecule has 0 radical (unpaired) electrons. The summed E-state index contributed by atoms with van der Waals surface area (Å²) in [5.74, 6) is -4.93. The Hall–Kier alpha value is -3.36. The molecular formula is C26H22ClF3N2O3. The van der Waals surface area contributed by atoms with Crippen molar-refractivity contribution in [1.29, 1.82) is 0 Å². The fourth-order valence-corrected chi connectivity index (χ4v) is 4.26. The van der Waals surface area contributed by atoms with Crippen LogP contribution in [0, 0.1) is 12.7 Å². The van der Waals surface area contributed by atoms with Crippen LogP contribution in [0.4, 0.5) is 24.5 Å². The molecule has 5 nitrogen and oxygen atoms in total. The van der Waals surface area contributed by atoms with Crippen LogP contribution < -0.4 is 10.2 Å². The van der Waals surface area contributed by atoms with Gasteiger partial charge in [0.15, 0.2) is 5.60 Å². The summed E-state index contributed by atoms with van der Waals surface area (Å²) in [6.45, 7) is 2.31. The molecule has 1 heterocycles. The van der Waals surface area contributed by atoms with Gasteiger partial charge in [0.05, 0.1) is 5.69 Å². The van der Waals surface area contributed by atoms with E-state index < -0.39 is 35.6 Å². The maximum atomic E-state index is 14.8. The van der Waals surface area contributed by atoms with Gasteiger partial charge in [-0.15, -0.1) is 0 Å². The van der Waals surface area contributed by atoms with E-state index in [1.54, 1.807) is 6.92 Å². The van der Waals surface area contributed by atoms with Gasteiger partial charge in [0, 0.05) is 40.4 Å². The monoisotopic (exact) mass is 502 g/mol. The zero-order chi connectivity index (χ0) is 25.5. The van der Waals surface area contributed by atoms with Crippen molar-refractivity contribution in [3.05, 3.63) is 93.8 Å². The largest absolute Gasteiger partial charge is 0.379 e. The number of nitrogens with zero attached hydrogens (tertiary/aromatic N) is 1. The number of carbonyl (C=O) groups is 2. The van der Waals surface area contributed by atoms with Crippen molar-refractivity contribution in [2.75, 3.05) is 16.8 Å². The van der Waals surface area contributed by atoms with E-state index in [1.165, 1.54) is 65.6 Å². The van der Waals surface area contributed by atoms with E-state index in [9.17, 15) is 27.9 Å². The van der Waals surface area contributed by atoms with Crippen LogP contribution in [-0.2, 0) is 5.60 Å². The van der Waals surface area contributed by atoms with E-state index in [4.69, 9.17) is 11.6 Å². The highest BCUT2D eigenvalue weighted by atomic mass is 35.5. The van der Waals surface area contributed by atoms with Crippen molar-refractivity contribution in [2.24, 2.45) is 0 Å². The van der Waals surface area contributed by atoms with Gasteiger partial charge >= 0.3 is 0 Å². The van der Waals surface area contributed by atoms with Gasteiger partial charge in [-0.05, 0) is 80.1 Å². The first-order chi connectivity index (χ1) is 16.4. The molecule has 3 aromatic rings. The number of rotatable bonds is 3. The number of halogens is 4. The van der Waals surface area contributed by atoms with Gasteiger partial charge in [-0.1, -0.05) is 11.6 Å². The number of carbonyl (C=O) groups excluding carboxylic acids is 2. The second-order valence-electron chi connectivity index (χ2n) is 8.64. The summed E-state index contributed by atoms with van der Waals surface area (Å²) < 4.78 is 42.8. The Morgan fingerprint density at radius 3 is 2.40 bits per heavy atom. The Labute approximate surface area is 205 Å². The fraction of sp³-hybridized carbons (Fsp3) is 0.231. The van der Waals surface area contributed by atoms with E-state index in [-0.39, 0.29) is 28.4 Å². The molecule has 1 atom stereocenters. The molecule has 3 aromatic carbocycles. The molecule has 2 amide bonds. The first-order valence-corrected chi connectivity index (χ1v) is 11.2. The molecule has 0 saturated carbocycles. The normalized spacial score (nSPS) is 19.0. The molecule has 35 heavy (non-hydrogen) atoms. The molecule has 0 aromatic heterocycles. The first kappa shape index (κ1) is 24.8. The van der Waals surface area contributed by atoms with Crippen LogP contribution in [0.2, 0.25) is 5.02 Å². The number of hydrogen-bond donors (Lipinski definition) is 2. The zero-order valence-corrected chi connectivity index (χ0v) is 19.7. The van der Waals surface area contributed by atoms with Gasteiger partial charge in [0.2, 0.25) is 0 Å². The van der Waals surface area contributed by atoms with Crippen molar-refractivity contribution in [3.63, 3.8) is 0 Å². The molecule has 1 aliphatic heterocycles. The fourth-order valence-electron chi connectivity index (χ4n) is 4.09. The van der Waals surface area contributed by atoms with Crippen LogP contribution in [0.15, 0.2) is 60.7 Å². The lowest BCUT2D eigenvalue weighted by molar-refractivity contribution is -0.177. The van der Waals surface area contributed by atoms with Gasteiger partial charge in [0.25, 0.3) is 17.7 Å². The summed E-state index contributed by atoms with van der Waals surface area (Å²) in [6.07, 6.45) is -0.747. The molecule has 0 bridgehead atoms. The van der Waals surface area contributed by atoms with E-state index in [1.807, 2.05) is 0 Å². The minimum atomic E-state index is -3.49. The van der Waals surface area contributed by atoms with Crippen LogP contribution in [0.25, 0.3) is 0 Å². The molecule has 9 heteroatoms. The van der Waals surface area contributed by atoms with Gasteiger partial charge < -0.3 is 15.3 Å². The average molecular weight is 503 g/mol. The van der Waals surface area contributed by atoms with E-state index in [0.29, 0.717) is 16.8 Å². The van der Waals surface area contributed by atoms with Gasteiger partial charge in [-0.2, -0.15) is 0 Å². The third-order valence-electron chi connectivity index (χ3n) is 6.20. The van der Waals surface area contributed by atoms with Gasteiger partial charge in [0.1, 0.15) is 5.82 Å². The molecule has 182 valence electrons. The van der Waals surface area contributed by atoms with E-state index >= 15 is 0 Å². The molecule has 0 unspecified atom stereocenters. The van der Waals surface area contributed by atoms with Crippen LogP contribution >= 0.6 is 11.6 Å². The Morgan fingerprint density at radius 1 is 1.06 bits per heavy atom. The van der Waals surface area contributed by atoms with Crippen LogP contribution in [0.3, 0.4) is 0 Å². The molecule has 2 N–H and O–H groups in total. The lowest BCUT2D eigenvalue weighted by Gasteiger charge is -2.32. The summed E-state index contributed by atoms with van der Waals surface area (Å²) in [5.41, 5.74) is -1.14. The Bertz CT molecular complexity index is 1310. The molecular weight excluding hydrogens is 481 g/mol. The topological polar surface area (TPSA) is 69.6 Å². The second kappa shape index (κ2) is 9.02. The Balaban J connectivity index is 1.59. The molecule has 0 fully saturated rings. The Morgan fingerprint density at radius 2 is 1.74 bits per heavy atom. The van der Waals surface area contributed by atoms with Crippen molar-refractivity contribution < 1.29 is 27.9 Å². The van der Waals surface area contributed by atoms with Crippen molar-refractivity contribution in [3.8, 4) is 0 Å². The zero-order valence-electron chi connectivity index (χ0n) is 18.9. The Kier molecular flexibility index (Phi) is 6.38. The number of aryl methyl sites for hydroxylation is 1. The smallest absolute Gasteiger partial charge is 0.281 e. The maximum Gasteiger partial charge on any atom is 0.281 e. The lowest BCUT2D eigenvalue weighted by atomic mass is 9.87. The number of fused-ring (bicyclic) bond motifs is 1. The van der Waals surface area contributed by atoms with E-state index in [0.717, 1.165) is 6.92 Å². The van der Waals surface area contributed by atoms with E-state index in [2.05, 4.69) is 5.32 Å². The highest BCUT2D eigenvalue weighted by Crippen LogP contribution is 2.47. The molecule has 0 spiro atoms. The standard InChI is InChI=1S/C26H22ClF3N2O3/c1-15-13-18(28)6-9-20(15)23(33)31-19-7-3-16(4-8-19)24(34)32-12-11-26(29,30)25(2,35)21-14-17(27)5-10-22(21)32/h3-10,13-14,35H,11-12H2,1-2H3,(H,31,33)/t25-/m1/s1. The van der Waals surface area contributed by atoms with Gasteiger partial charge in [-0.25, -0.2) is 13.2 Å². The minimum Gasteiger partial charge on any atom is -0.379 e. The summed E-state index contributed by atoms with van der Waals surface area (Å²) in [6, 6.07) is 13.9. The molecule has 0 saturated heterocycles. The highest BCUT2D eigenvalue weighted by Gasteiger charge is 2.53. The molecule has 1 aliphatic rings. The minimum absolute atomic E-state index is 0.139. The average Bonchev–Trinajstić information content (AvgIpc) is 2.86. The van der Waals surface area contributed by atoms with Crippen molar-refractivity contribution in [1.82, 2.24) is 0 Å². The van der Waals surface area contributed by atoms with Crippen molar-refractivity contribution >= 4 is 34.8 Å². The van der Waals surface area contributed by atoms with Gasteiger partial charge in [-0.3, -0.25) is 9.59 Å². The number of anilines is 2. The third-order valence-corrected chi connectivity index (χ3v) is 6.44. The first-order valence-electron chi connectivity index (χ1n) is 10.8.